The van der Waals surface area contributed by atoms with Gasteiger partial charge in [-0.1, -0.05) is 6.07 Å². The van der Waals surface area contributed by atoms with Crippen molar-refractivity contribution in [3.8, 4) is 11.5 Å². The maximum Gasteiger partial charge on any atom is 0.338 e. The lowest BCUT2D eigenvalue weighted by Gasteiger charge is -2.28. The van der Waals surface area contributed by atoms with Crippen molar-refractivity contribution in [2.75, 3.05) is 26.9 Å². The first kappa shape index (κ1) is 23.1. The molecule has 2 heterocycles. The fourth-order valence-electron chi connectivity index (χ4n) is 3.00. The van der Waals surface area contributed by atoms with E-state index < -0.39 is 24.0 Å². The molecule has 2 N–H and O–H groups in total. The second-order valence-corrected chi connectivity index (χ2v) is 7.57. The van der Waals surface area contributed by atoms with Crippen molar-refractivity contribution in [3.05, 3.63) is 57.9 Å². The number of esters is 2. The van der Waals surface area contributed by atoms with Crippen molar-refractivity contribution in [2.24, 2.45) is 0 Å². The van der Waals surface area contributed by atoms with E-state index in [0.29, 0.717) is 11.5 Å². The largest absolute Gasteiger partial charge is 0.497 e. The summed E-state index contributed by atoms with van der Waals surface area (Å²) in [5.41, 5.74) is 0.395. The van der Waals surface area contributed by atoms with Crippen LogP contribution in [0.1, 0.15) is 24.3 Å². The van der Waals surface area contributed by atoms with Gasteiger partial charge in [0.05, 0.1) is 44.1 Å². The predicted octanol–water partition coefficient (Wildman–Crippen LogP) is 2.94. The Morgan fingerprint density at radius 2 is 1.84 bits per heavy atom. The molecule has 1 aliphatic heterocycles. The first-order valence-electron chi connectivity index (χ1n) is 9.95. The van der Waals surface area contributed by atoms with Crippen molar-refractivity contribution < 1.29 is 33.3 Å². The Balaban J connectivity index is 1.62. The number of nitrogens with one attached hydrogen (secondary N) is 2. The SMILES string of the molecule is CCOC(=O)C1=C(COC(=O)CCOc2ccc(OC)cc2)NC(=O)NC1c1cccs1. The summed E-state index contributed by atoms with van der Waals surface area (Å²) in [6.45, 7) is 1.70. The Labute approximate surface area is 189 Å². The third-order valence-electron chi connectivity index (χ3n) is 4.49. The molecule has 0 bridgehead atoms. The van der Waals surface area contributed by atoms with E-state index >= 15 is 0 Å². The molecule has 1 aromatic heterocycles. The van der Waals surface area contributed by atoms with Gasteiger partial charge in [-0.25, -0.2) is 9.59 Å². The van der Waals surface area contributed by atoms with Crippen LogP contribution >= 0.6 is 11.3 Å². The Morgan fingerprint density at radius 3 is 2.50 bits per heavy atom. The van der Waals surface area contributed by atoms with Gasteiger partial charge in [0, 0.05) is 4.88 Å². The van der Waals surface area contributed by atoms with E-state index in [4.69, 9.17) is 18.9 Å². The molecule has 1 atom stereocenters. The van der Waals surface area contributed by atoms with E-state index in [1.807, 2.05) is 11.4 Å². The Kier molecular flexibility index (Phi) is 8.09. The van der Waals surface area contributed by atoms with Crippen molar-refractivity contribution >= 4 is 29.3 Å². The molecule has 2 aromatic rings. The average molecular weight is 461 g/mol. The van der Waals surface area contributed by atoms with E-state index in [1.54, 1.807) is 44.4 Å². The fraction of sp³-hybridized carbons (Fsp3) is 0.318. The lowest BCUT2D eigenvalue weighted by Crippen LogP contribution is -2.46. The maximum atomic E-state index is 12.6. The first-order valence-corrected chi connectivity index (χ1v) is 10.8. The lowest BCUT2D eigenvalue weighted by molar-refractivity contribution is -0.144. The van der Waals surface area contributed by atoms with Gasteiger partial charge in [-0.05, 0) is 42.6 Å². The Bertz CT molecular complexity index is 971. The highest BCUT2D eigenvalue weighted by molar-refractivity contribution is 7.10. The number of methoxy groups -OCH3 is 1. The quantitative estimate of drug-likeness (QED) is 0.524. The minimum absolute atomic E-state index is 0.00536. The molecule has 32 heavy (non-hydrogen) atoms. The van der Waals surface area contributed by atoms with E-state index in [0.717, 1.165) is 4.88 Å². The molecule has 10 heteroatoms. The molecule has 0 spiro atoms. The van der Waals surface area contributed by atoms with E-state index in [2.05, 4.69) is 10.6 Å². The molecule has 1 unspecified atom stereocenters. The summed E-state index contributed by atoms with van der Waals surface area (Å²) >= 11 is 1.39. The number of rotatable bonds is 10. The summed E-state index contributed by atoms with van der Waals surface area (Å²) in [5.74, 6) is 0.171. The maximum absolute atomic E-state index is 12.6. The number of thiophene rings is 1. The van der Waals surface area contributed by atoms with Gasteiger partial charge < -0.3 is 29.6 Å². The monoisotopic (exact) mass is 460 g/mol. The van der Waals surface area contributed by atoms with E-state index in [-0.39, 0.29) is 37.5 Å². The lowest BCUT2D eigenvalue weighted by atomic mass is 10.0. The number of urea groups is 1. The molecular weight excluding hydrogens is 436 g/mol. The summed E-state index contributed by atoms with van der Waals surface area (Å²) in [6.07, 6.45) is -0.00536. The zero-order valence-corrected chi connectivity index (χ0v) is 18.5. The molecule has 1 aromatic carbocycles. The molecule has 0 radical (unpaired) electrons. The van der Waals surface area contributed by atoms with Gasteiger partial charge in [0.1, 0.15) is 18.1 Å². The number of ether oxygens (including phenoxy) is 4. The molecule has 0 fully saturated rings. The number of carbonyl (C=O) groups excluding carboxylic acids is 3. The van der Waals surface area contributed by atoms with Crippen LogP contribution in [-0.2, 0) is 19.1 Å². The topological polar surface area (TPSA) is 112 Å². The molecular formula is C22H24N2O7S. The highest BCUT2D eigenvalue weighted by Crippen LogP contribution is 2.30. The standard InChI is InChI=1S/C22H24N2O7S/c1-3-29-21(26)19-16(23-22(27)24-20(19)17-5-4-12-32-17)13-31-18(25)10-11-30-15-8-6-14(28-2)7-9-15/h4-9,12,20H,3,10-11,13H2,1-2H3,(H2,23,24,27). The molecule has 0 saturated heterocycles. The minimum Gasteiger partial charge on any atom is -0.497 e. The highest BCUT2D eigenvalue weighted by atomic mass is 32.1. The number of benzene rings is 1. The normalized spacial score (nSPS) is 15.4. The molecule has 3 rings (SSSR count). The summed E-state index contributed by atoms with van der Waals surface area (Å²) in [7, 11) is 1.57. The fourth-order valence-corrected chi connectivity index (χ4v) is 3.78. The number of hydrogen-bond acceptors (Lipinski definition) is 8. The van der Waals surface area contributed by atoms with Crippen LogP contribution in [0.5, 0.6) is 11.5 Å². The molecule has 170 valence electrons. The Morgan fingerprint density at radius 1 is 1.09 bits per heavy atom. The van der Waals surface area contributed by atoms with Crippen molar-refractivity contribution in [3.63, 3.8) is 0 Å². The molecule has 0 aliphatic carbocycles. The zero-order chi connectivity index (χ0) is 22.9. The van der Waals surface area contributed by atoms with Crippen LogP contribution < -0.4 is 20.1 Å². The van der Waals surface area contributed by atoms with Crippen LogP contribution in [0, 0.1) is 0 Å². The number of hydrogen-bond donors (Lipinski definition) is 2. The van der Waals surface area contributed by atoms with Crippen molar-refractivity contribution in [1.82, 2.24) is 10.6 Å². The van der Waals surface area contributed by atoms with Gasteiger partial charge in [0.15, 0.2) is 0 Å². The van der Waals surface area contributed by atoms with Crippen molar-refractivity contribution in [2.45, 2.75) is 19.4 Å². The van der Waals surface area contributed by atoms with Gasteiger partial charge in [-0.3, -0.25) is 4.79 Å². The molecule has 2 amide bonds. The highest BCUT2D eigenvalue weighted by Gasteiger charge is 2.34. The van der Waals surface area contributed by atoms with Crippen LogP contribution in [0.3, 0.4) is 0 Å². The van der Waals surface area contributed by atoms with Gasteiger partial charge in [-0.15, -0.1) is 11.3 Å². The van der Waals surface area contributed by atoms with Gasteiger partial charge in [-0.2, -0.15) is 0 Å². The zero-order valence-electron chi connectivity index (χ0n) is 17.7. The average Bonchev–Trinajstić information content (AvgIpc) is 3.33. The predicted molar refractivity (Wildman–Crippen MR) is 116 cm³/mol. The van der Waals surface area contributed by atoms with Gasteiger partial charge in [0.25, 0.3) is 0 Å². The van der Waals surface area contributed by atoms with Crippen LogP contribution in [0.2, 0.25) is 0 Å². The Hall–Kier alpha value is -3.53. The third-order valence-corrected chi connectivity index (χ3v) is 5.43. The van der Waals surface area contributed by atoms with Crippen LogP contribution in [0.25, 0.3) is 0 Å². The van der Waals surface area contributed by atoms with Crippen LogP contribution in [0.4, 0.5) is 4.79 Å². The number of amides is 2. The van der Waals surface area contributed by atoms with E-state index in [1.165, 1.54) is 11.3 Å². The summed E-state index contributed by atoms with van der Waals surface area (Å²) in [5, 5.41) is 7.12. The molecule has 9 nitrogen and oxygen atoms in total. The van der Waals surface area contributed by atoms with Gasteiger partial charge >= 0.3 is 18.0 Å². The second-order valence-electron chi connectivity index (χ2n) is 6.59. The summed E-state index contributed by atoms with van der Waals surface area (Å²) < 4.78 is 21.0. The third kappa shape index (κ3) is 6.01. The van der Waals surface area contributed by atoms with Crippen molar-refractivity contribution in [1.29, 1.82) is 0 Å². The second kappa shape index (κ2) is 11.2. The summed E-state index contributed by atoms with van der Waals surface area (Å²) in [6, 6.07) is 9.41. The van der Waals surface area contributed by atoms with Crippen LogP contribution in [-0.4, -0.2) is 44.9 Å². The first-order chi connectivity index (χ1) is 15.5. The summed E-state index contributed by atoms with van der Waals surface area (Å²) in [4.78, 5) is 37.7. The molecule has 1 aliphatic rings. The van der Waals surface area contributed by atoms with Gasteiger partial charge in [0.2, 0.25) is 0 Å². The molecule has 0 saturated carbocycles. The minimum atomic E-state index is -0.685. The smallest absolute Gasteiger partial charge is 0.338 e. The van der Waals surface area contributed by atoms with E-state index in [9.17, 15) is 14.4 Å². The van der Waals surface area contributed by atoms with Crippen LogP contribution in [0.15, 0.2) is 53.0 Å². The number of carbonyl (C=O) groups is 3.